The molecule has 7 nitrogen and oxygen atoms in total. The van der Waals surface area contributed by atoms with Crippen LogP contribution in [0.15, 0.2) is 23.1 Å². The third kappa shape index (κ3) is 2.76. The Morgan fingerprint density at radius 3 is 2.57 bits per heavy atom. The van der Waals surface area contributed by atoms with Gasteiger partial charge in [0, 0.05) is 11.5 Å². The lowest BCUT2D eigenvalue weighted by atomic mass is 9.65. The number of halogens is 1. The number of nitro groups is 1. The minimum atomic E-state index is -4.18. The molecule has 0 radical (unpaired) electrons. The average Bonchev–Trinajstić information content (AvgIpc) is 2.37. The van der Waals surface area contributed by atoms with E-state index in [0.717, 1.165) is 12.1 Å². The van der Waals surface area contributed by atoms with Gasteiger partial charge in [-0.25, -0.2) is 17.5 Å². The van der Waals surface area contributed by atoms with Crippen molar-refractivity contribution < 1.29 is 22.8 Å². The summed E-state index contributed by atoms with van der Waals surface area (Å²) in [6.45, 7) is 3.38. The second kappa shape index (κ2) is 5.00. The number of sulfonamides is 1. The van der Waals surface area contributed by atoms with Crippen LogP contribution in [0.2, 0.25) is 0 Å². The van der Waals surface area contributed by atoms with Gasteiger partial charge in [0.2, 0.25) is 10.0 Å². The predicted molar refractivity (Wildman–Crippen MR) is 71.6 cm³/mol. The molecule has 0 spiro atoms. The number of aliphatic hydroxyl groups excluding tert-OH is 1. The zero-order chi connectivity index (χ0) is 16.0. The molecule has 21 heavy (non-hydrogen) atoms. The molecule has 116 valence electrons. The van der Waals surface area contributed by atoms with E-state index in [4.69, 9.17) is 0 Å². The van der Waals surface area contributed by atoms with Crippen LogP contribution in [0.3, 0.4) is 0 Å². The molecular weight excluding hydrogens is 303 g/mol. The number of nitro benzene ring substituents is 1. The highest BCUT2D eigenvalue weighted by Crippen LogP contribution is 2.41. The van der Waals surface area contributed by atoms with Gasteiger partial charge in [-0.05, 0) is 18.6 Å². The zero-order valence-corrected chi connectivity index (χ0v) is 12.2. The van der Waals surface area contributed by atoms with Crippen LogP contribution < -0.4 is 4.72 Å². The highest BCUT2D eigenvalue weighted by atomic mass is 32.2. The first kappa shape index (κ1) is 15.8. The van der Waals surface area contributed by atoms with Gasteiger partial charge < -0.3 is 5.11 Å². The quantitative estimate of drug-likeness (QED) is 0.640. The van der Waals surface area contributed by atoms with Gasteiger partial charge in [0.05, 0.1) is 17.1 Å². The van der Waals surface area contributed by atoms with Crippen molar-refractivity contribution in [1.29, 1.82) is 0 Å². The minimum Gasteiger partial charge on any atom is -0.392 e. The van der Waals surface area contributed by atoms with E-state index in [1.807, 2.05) is 0 Å². The summed E-state index contributed by atoms with van der Waals surface area (Å²) in [5, 5.41) is 20.5. The number of benzene rings is 1. The summed E-state index contributed by atoms with van der Waals surface area (Å²) in [5.41, 5.74) is -1.48. The molecule has 0 bridgehead atoms. The van der Waals surface area contributed by atoms with Crippen LogP contribution in [0, 0.1) is 21.3 Å². The first-order chi connectivity index (χ1) is 9.55. The summed E-state index contributed by atoms with van der Waals surface area (Å²) >= 11 is 0. The molecule has 9 heteroatoms. The Hall–Kier alpha value is -1.58. The molecule has 2 atom stereocenters. The number of aliphatic hydroxyl groups is 1. The summed E-state index contributed by atoms with van der Waals surface area (Å²) in [7, 11) is -4.18. The molecule has 0 heterocycles. The van der Waals surface area contributed by atoms with Crippen LogP contribution in [-0.2, 0) is 10.0 Å². The van der Waals surface area contributed by atoms with Crippen molar-refractivity contribution >= 4 is 15.7 Å². The number of hydrogen-bond donors (Lipinski definition) is 2. The summed E-state index contributed by atoms with van der Waals surface area (Å²) in [6.07, 6.45) is -0.422. The largest absolute Gasteiger partial charge is 0.392 e. The Labute approximate surface area is 121 Å². The van der Waals surface area contributed by atoms with Gasteiger partial charge in [0.1, 0.15) is 5.82 Å². The molecule has 0 saturated heterocycles. The van der Waals surface area contributed by atoms with Crippen LogP contribution in [0.25, 0.3) is 0 Å². The van der Waals surface area contributed by atoms with E-state index in [-0.39, 0.29) is 6.42 Å². The Morgan fingerprint density at radius 1 is 1.48 bits per heavy atom. The Kier molecular flexibility index (Phi) is 3.77. The summed E-state index contributed by atoms with van der Waals surface area (Å²) in [6, 6.07) is 1.73. The van der Waals surface area contributed by atoms with Gasteiger partial charge in [0.15, 0.2) is 4.90 Å². The lowest BCUT2D eigenvalue weighted by Gasteiger charge is -2.49. The monoisotopic (exact) mass is 318 g/mol. The second-order valence-corrected chi connectivity index (χ2v) is 7.30. The number of nitrogens with zero attached hydrogens (tertiary/aromatic N) is 1. The molecule has 2 rings (SSSR count). The number of rotatable bonds is 4. The third-order valence-corrected chi connectivity index (χ3v) is 5.44. The van der Waals surface area contributed by atoms with Gasteiger partial charge in [-0.3, -0.25) is 10.1 Å². The highest BCUT2D eigenvalue weighted by molar-refractivity contribution is 7.89. The van der Waals surface area contributed by atoms with Gasteiger partial charge in [-0.15, -0.1) is 0 Å². The van der Waals surface area contributed by atoms with Gasteiger partial charge in [-0.1, -0.05) is 13.8 Å². The summed E-state index contributed by atoms with van der Waals surface area (Å²) in [4.78, 5) is 9.34. The normalized spacial score (nSPS) is 24.4. The number of nitrogens with one attached hydrogen (secondary N) is 1. The molecule has 0 amide bonds. The SMILES string of the molecule is CC1(C)C(O)CC1NS(=O)(=O)c1ccc(F)cc1[N+](=O)[O-]. The van der Waals surface area contributed by atoms with E-state index in [1.165, 1.54) is 0 Å². The fourth-order valence-corrected chi connectivity index (χ4v) is 3.77. The van der Waals surface area contributed by atoms with Crippen LogP contribution in [0.1, 0.15) is 20.3 Å². The topological polar surface area (TPSA) is 110 Å². The van der Waals surface area contributed by atoms with Crippen molar-refractivity contribution in [3.8, 4) is 0 Å². The maximum absolute atomic E-state index is 13.1. The molecular formula is C12H15FN2O5S. The molecule has 1 aromatic carbocycles. The Balaban J connectivity index is 2.35. The molecule has 2 N–H and O–H groups in total. The smallest absolute Gasteiger partial charge is 0.292 e. The minimum absolute atomic E-state index is 0.223. The van der Waals surface area contributed by atoms with Crippen molar-refractivity contribution in [2.24, 2.45) is 5.41 Å². The lowest BCUT2D eigenvalue weighted by molar-refractivity contribution is -0.388. The van der Waals surface area contributed by atoms with Gasteiger partial charge >= 0.3 is 0 Å². The van der Waals surface area contributed by atoms with E-state index in [1.54, 1.807) is 13.8 Å². The molecule has 0 aliphatic heterocycles. The molecule has 1 aliphatic rings. The van der Waals surface area contributed by atoms with Crippen LogP contribution in [-0.4, -0.2) is 30.6 Å². The molecule has 1 fully saturated rings. The van der Waals surface area contributed by atoms with E-state index in [0.29, 0.717) is 6.07 Å². The molecule has 1 saturated carbocycles. The fraction of sp³-hybridized carbons (Fsp3) is 0.500. The van der Waals surface area contributed by atoms with E-state index in [9.17, 15) is 28.0 Å². The second-order valence-electron chi connectivity index (χ2n) is 5.62. The van der Waals surface area contributed by atoms with Gasteiger partial charge in [0.25, 0.3) is 5.69 Å². The van der Waals surface area contributed by atoms with E-state index < -0.39 is 48.9 Å². The number of hydrogen-bond acceptors (Lipinski definition) is 5. The van der Waals surface area contributed by atoms with Crippen LogP contribution in [0.4, 0.5) is 10.1 Å². The first-order valence-electron chi connectivity index (χ1n) is 6.20. The lowest BCUT2D eigenvalue weighted by Crippen LogP contribution is -2.61. The molecule has 1 aromatic rings. The van der Waals surface area contributed by atoms with Crippen molar-refractivity contribution in [2.45, 2.75) is 37.3 Å². The standard InChI is InChI=1S/C12H15FN2O5S/c1-12(2)10(6-11(12)16)14-21(19,20)9-4-3-7(13)5-8(9)15(17)18/h3-5,10-11,14,16H,6H2,1-2H3. The maximum atomic E-state index is 13.1. The van der Waals surface area contributed by atoms with Crippen molar-refractivity contribution in [1.82, 2.24) is 4.72 Å². The average molecular weight is 318 g/mol. The molecule has 1 aliphatic carbocycles. The third-order valence-electron chi connectivity index (χ3n) is 3.92. The summed E-state index contributed by atoms with van der Waals surface area (Å²) in [5.74, 6) is -0.889. The highest BCUT2D eigenvalue weighted by Gasteiger charge is 2.49. The van der Waals surface area contributed by atoms with Crippen molar-refractivity contribution in [3.05, 3.63) is 34.1 Å². The van der Waals surface area contributed by atoms with E-state index in [2.05, 4.69) is 4.72 Å². The van der Waals surface area contributed by atoms with Crippen molar-refractivity contribution in [2.75, 3.05) is 0 Å². The Bertz CT molecular complexity index is 689. The predicted octanol–water partition coefficient (Wildman–Crippen LogP) is 1.17. The van der Waals surface area contributed by atoms with Crippen LogP contribution >= 0.6 is 0 Å². The van der Waals surface area contributed by atoms with Crippen LogP contribution in [0.5, 0.6) is 0 Å². The molecule has 2 unspecified atom stereocenters. The Morgan fingerprint density at radius 2 is 2.10 bits per heavy atom. The van der Waals surface area contributed by atoms with E-state index >= 15 is 0 Å². The molecule has 0 aromatic heterocycles. The van der Waals surface area contributed by atoms with Crippen molar-refractivity contribution in [3.63, 3.8) is 0 Å². The van der Waals surface area contributed by atoms with Gasteiger partial charge in [-0.2, -0.15) is 0 Å². The fourth-order valence-electron chi connectivity index (χ4n) is 2.21. The first-order valence-corrected chi connectivity index (χ1v) is 7.68. The maximum Gasteiger partial charge on any atom is 0.292 e. The summed E-state index contributed by atoms with van der Waals surface area (Å²) < 4.78 is 39.9. The zero-order valence-electron chi connectivity index (χ0n) is 11.4.